The molecule has 130 valence electrons. The van der Waals surface area contributed by atoms with Gasteiger partial charge in [0.25, 0.3) is 5.69 Å². The average molecular weight is 355 g/mol. The Bertz CT molecular complexity index is 758. The van der Waals surface area contributed by atoms with E-state index in [1.165, 1.54) is 28.6 Å². The van der Waals surface area contributed by atoms with Crippen molar-refractivity contribution in [1.29, 1.82) is 0 Å². The summed E-state index contributed by atoms with van der Waals surface area (Å²) in [6.45, 7) is 1.29. The Kier molecular flexibility index (Phi) is 4.41. The van der Waals surface area contributed by atoms with Crippen molar-refractivity contribution < 1.29 is 22.9 Å². The van der Waals surface area contributed by atoms with Gasteiger partial charge in [-0.2, -0.15) is 4.31 Å². The van der Waals surface area contributed by atoms with Gasteiger partial charge in [-0.25, -0.2) is 13.2 Å². The molecule has 1 amide bonds. The molecule has 2 heterocycles. The summed E-state index contributed by atoms with van der Waals surface area (Å²) in [4.78, 5) is 23.3. The second kappa shape index (κ2) is 6.36. The van der Waals surface area contributed by atoms with E-state index in [-0.39, 0.29) is 30.1 Å². The third-order valence-electron chi connectivity index (χ3n) is 4.34. The van der Waals surface area contributed by atoms with Crippen LogP contribution in [0.4, 0.5) is 10.5 Å². The number of sulfonamides is 1. The Morgan fingerprint density at radius 1 is 1.17 bits per heavy atom. The van der Waals surface area contributed by atoms with E-state index in [4.69, 9.17) is 4.74 Å². The van der Waals surface area contributed by atoms with Crippen LogP contribution in [0, 0.1) is 10.1 Å². The van der Waals surface area contributed by atoms with Crippen LogP contribution in [0.25, 0.3) is 0 Å². The molecule has 2 saturated heterocycles. The van der Waals surface area contributed by atoms with Crippen LogP contribution in [-0.4, -0.2) is 60.9 Å². The topological polar surface area (TPSA) is 110 Å². The van der Waals surface area contributed by atoms with Crippen LogP contribution in [0.15, 0.2) is 29.2 Å². The third-order valence-corrected chi connectivity index (χ3v) is 6.28. The number of nitrogens with zero attached hydrogens (tertiary/aromatic N) is 3. The highest BCUT2D eigenvalue weighted by molar-refractivity contribution is 7.89. The predicted molar refractivity (Wildman–Crippen MR) is 82.9 cm³/mol. The van der Waals surface area contributed by atoms with Crippen LogP contribution in [0.3, 0.4) is 0 Å². The molecule has 1 aromatic carbocycles. The molecule has 1 aromatic rings. The molecule has 0 spiro atoms. The molecule has 0 bridgehead atoms. The maximum Gasteiger partial charge on any atom is 0.410 e. The molecule has 0 saturated carbocycles. The number of carbonyl (C=O) groups is 1. The summed E-state index contributed by atoms with van der Waals surface area (Å²) in [5.74, 6) is 0. The van der Waals surface area contributed by atoms with Gasteiger partial charge >= 0.3 is 6.09 Å². The van der Waals surface area contributed by atoms with Crippen LogP contribution in [0.2, 0.25) is 0 Å². The van der Waals surface area contributed by atoms with Crippen LogP contribution in [0.5, 0.6) is 0 Å². The zero-order valence-electron chi connectivity index (χ0n) is 12.8. The fourth-order valence-electron chi connectivity index (χ4n) is 3.10. The van der Waals surface area contributed by atoms with Gasteiger partial charge in [-0.05, 0) is 18.9 Å². The number of rotatable bonds is 4. The zero-order chi connectivity index (χ0) is 17.3. The van der Waals surface area contributed by atoms with Crippen molar-refractivity contribution in [3.8, 4) is 0 Å². The van der Waals surface area contributed by atoms with Gasteiger partial charge in [-0.1, -0.05) is 12.1 Å². The van der Waals surface area contributed by atoms with Crippen molar-refractivity contribution in [2.45, 2.75) is 23.8 Å². The summed E-state index contributed by atoms with van der Waals surface area (Å²) in [6, 6.07) is 5.27. The van der Waals surface area contributed by atoms with Crippen molar-refractivity contribution in [1.82, 2.24) is 9.21 Å². The van der Waals surface area contributed by atoms with Gasteiger partial charge in [0.2, 0.25) is 10.0 Å². The molecular formula is C14H17N3O6S. The van der Waals surface area contributed by atoms with Gasteiger partial charge < -0.3 is 9.64 Å². The molecule has 10 heteroatoms. The van der Waals surface area contributed by atoms with E-state index in [0.717, 1.165) is 0 Å². The number of amides is 1. The fraction of sp³-hybridized carbons (Fsp3) is 0.500. The molecule has 0 unspecified atom stereocenters. The highest BCUT2D eigenvalue weighted by atomic mass is 32.2. The van der Waals surface area contributed by atoms with Gasteiger partial charge in [-0.15, -0.1) is 0 Å². The molecule has 0 aromatic heterocycles. The summed E-state index contributed by atoms with van der Waals surface area (Å²) >= 11 is 0. The molecule has 0 N–H and O–H groups in total. The van der Waals surface area contributed by atoms with Gasteiger partial charge in [0.15, 0.2) is 4.90 Å². The van der Waals surface area contributed by atoms with E-state index in [9.17, 15) is 23.3 Å². The Labute approximate surface area is 139 Å². The molecule has 0 atom stereocenters. The van der Waals surface area contributed by atoms with Gasteiger partial charge in [0.1, 0.15) is 6.61 Å². The minimum Gasteiger partial charge on any atom is -0.448 e. The molecule has 24 heavy (non-hydrogen) atoms. The number of hydrogen-bond acceptors (Lipinski definition) is 6. The van der Waals surface area contributed by atoms with Gasteiger partial charge in [-0.3, -0.25) is 10.1 Å². The van der Waals surface area contributed by atoms with Crippen molar-refractivity contribution in [3.05, 3.63) is 34.4 Å². The predicted octanol–water partition coefficient (Wildman–Crippen LogP) is 1.20. The second-order valence-corrected chi connectivity index (χ2v) is 7.57. The molecule has 3 rings (SSSR count). The lowest BCUT2D eigenvalue weighted by Crippen LogP contribution is -2.47. The molecule has 0 radical (unpaired) electrons. The highest BCUT2D eigenvalue weighted by Gasteiger charge is 2.37. The largest absolute Gasteiger partial charge is 0.448 e. The first-order valence-electron chi connectivity index (χ1n) is 7.58. The summed E-state index contributed by atoms with van der Waals surface area (Å²) in [5.41, 5.74) is -0.428. The number of para-hydroxylation sites is 1. The number of carbonyl (C=O) groups excluding carboxylic acids is 1. The molecule has 2 fully saturated rings. The van der Waals surface area contributed by atoms with E-state index in [0.29, 0.717) is 26.0 Å². The first-order valence-corrected chi connectivity index (χ1v) is 9.02. The number of nitro groups is 1. The first kappa shape index (κ1) is 16.7. The Balaban J connectivity index is 1.76. The van der Waals surface area contributed by atoms with Crippen LogP contribution in [0.1, 0.15) is 12.8 Å². The van der Waals surface area contributed by atoms with Crippen LogP contribution < -0.4 is 0 Å². The molecular weight excluding hydrogens is 338 g/mol. The monoisotopic (exact) mass is 355 g/mol. The van der Waals surface area contributed by atoms with E-state index < -0.39 is 20.6 Å². The standard InChI is InChI=1S/C14H17N3O6S/c18-14-16(9-10-23-14)11-5-7-15(8-6-11)24(21,22)13-4-2-1-3-12(13)17(19)20/h1-4,11H,5-10H2. The van der Waals surface area contributed by atoms with Gasteiger partial charge in [0.05, 0.1) is 11.5 Å². The normalized spacial score (nSPS) is 20.2. The zero-order valence-corrected chi connectivity index (χ0v) is 13.6. The Morgan fingerprint density at radius 2 is 1.83 bits per heavy atom. The maximum absolute atomic E-state index is 12.7. The minimum atomic E-state index is -3.94. The van der Waals surface area contributed by atoms with Gasteiger partial charge in [0, 0.05) is 25.2 Å². The fourth-order valence-corrected chi connectivity index (χ4v) is 4.72. The molecule has 2 aliphatic rings. The lowest BCUT2D eigenvalue weighted by Gasteiger charge is -2.34. The Hall–Kier alpha value is -2.20. The summed E-state index contributed by atoms with van der Waals surface area (Å²) in [6.07, 6.45) is 0.596. The van der Waals surface area contributed by atoms with E-state index in [1.807, 2.05) is 0 Å². The minimum absolute atomic E-state index is 0.0581. The number of ether oxygens (including phenoxy) is 1. The molecule has 9 nitrogen and oxygen atoms in total. The van der Waals surface area contributed by atoms with E-state index in [1.54, 1.807) is 4.90 Å². The van der Waals surface area contributed by atoms with Crippen molar-refractivity contribution in [2.75, 3.05) is 26.2 Å². The third kappa shape index (κ3) is 2.94. The first-order chi connectivity index (χ1) is 11.4. The van der Waals surface area contributed by atoms with Crippen LogP contribution in [-0.2, 0) is 14.8 Å². The molecule has 0 aliphatic carbocycles. The lowest BCUT2D eigenvalue weighted by molar-refractivity contribution is -0.387. The lowest BCUT2D eigenvalue weighted by atomic mass is 10.1. The van der Waals surface area contributed by atoms with Crippen molar-refractivity contribution >= 4 is 21.8 Å². The number of hydrogen-bond donors (Lipinski definition) is 0. The SMILES string of the molecule is O=C1OCCN1C1CCN(S(=O)(=O)c2ccccc2[N+](=O)[O-])CC1. The number of benzene rings is 1. The number of nitro benzene ring substituents is 1. The Morgan fingerprint density at radius 3 is 2.42 bits per heavy atom. The number of cyclic esters (lactones) is 1. The molecule has 2 aliphatic heterocycles. The highest BCUT2D eigenvalue weighted by Crippen LogP contribution is 2.29. The maximum atomic E-state index is 12.7. The van der Waals surface area contributed by atoms with E-state index >= 15 is 0 Å². The van der Waals surface area contributed by atoms with Crippen molar-refractivity contribution in [2.24, 2.45) is 0 Å². The number of piperidine rings is 1. The van der Waals surface area contributed by atoms with Crippen molar-refractivity contribution in [3.63, 3.8) is 0 Å². The quantitative estimate of drug-likeness (QED) is 0.593. The summed E-state index contributed by atoms with van der Waals surface area (Å²) in [5, 5.41) is 11.1. The van der Waals surface area contributed by atoms with E-state index in [2.05, 4.69) is 0 Å². The van der Waals surface area contributed by atoms with Crippen LogP contribution >= 0.6 is 0 Å². The smallest absolute Gasteiger partial charge is 0.410 e. The summed E-state index contributed by atoms with van der Waals surface area (Å²) < 4.78 is 31.6. The second-order valence-electron chi connectivity index (χ2n) is 5.67. The summed E-state index contributed by atoms with van der Waals surface area (Å²) in [7, 11) is -3.94. The average Bonchev–Trinajstić information content (AvgIpc) is 3.01.